The molecule has 0 saturated carbocycles. The number of ether oxygens (including phenoxy) is 1. The molecule has 0 aliphatic heterocycles. The van der Waals surface area contributed by atoms with Gasteiger partial charge in [0, 0.05) is 13.3 Å². The number of amides is 2. The van der Waals surface area contributed by atoms with E-state index in [1.807, 2.05) is 44.2 Å². The van der Waals surface area contributed by atoms with Gasteiger partial charge in [-0.15, -0.1) is 0 Å². The number of nitrogens with one attached hydrogen (secondary N) is 2. The SMILES string of the molecule is CC(=O)N[C@@H](CC(C)C)C(=O)N[C@H](Cc1ccc(OCc2ccccc2)cc1)C(=O)O. The molecule has 0 aromatic heterocycles. The van der Waals surface area contributed by atoms with Crippen LogP contribution >= 0.6 is 0 Å². The normalized spacial score (nSPS) is 12.6. The third kappa shape index (κ3) is 8.50. The lowest BCUT2D eigenvalue weighted by Crippen LogP contribution is -2.52. The quantitative estimate of drug-likeness (QED) is 0.512. The number of carbonyl (C=O) groups excluding carboxylic acids is 2. The number of hydrogen-bond donors (Lipinski definition) is 3. The fourth-order valence-electron chi connectivity index (χ4n) is 3.12. The first-order valence-electron chi connectivity index (χ1n) is 10.3. The van der Waals surface area contributed by atoms with E-state index in [-0.39, 0.29) is 18.2 Å². The van der Waals surface area contributed by atoms with Crippen molar-refractivity contribution in [3.63, 3.8) is 0 Å². The molecular weight excluding hydrogens is 396 g/mol. The Morgan fingerprint density at radius 1 is 0.903 bits per heavy atom. The number of carbonyl (C=O) groups is 3. The zero-order chi connectivity index (χ0) is 22.8. The average Bonchev–Trinajstić information content (AvgIpc) is 2.72. The maximum absolute atomic E-state index is 12.6. The van der Waals surface area contributed by atoms with Gasteiger partial charge in [0.05, 0.1) is 0 Å². The summed E-state index contributed by atoms with van der Waals surface area (Å²) in [6.07, 6.45) is 0.541. The summed E-state index contributed by atoms with van der Waals surface area (Å²) in [4.78, 5) is 35.7. The van der Waals surface area contributed by atoms with Crippen molar-refractivity contribution in [3.8, 4) is 5.75 Å². The van der Waals surface area contributed by atoms with Gasteiger partial charge in [-0.3, -0.25) is 9.59 Å². The topological polar surface area (TPSA) is 105 Å². The van der Waals surface area contributed by atoms with Crippen molar-refractivity contribution in [2.75, 3.05) is 0 Å². The Morgan fingerprint density at radius 3 is 2.10 bits per heavy atom. The number of hydrogen-bond acceptors (Lipinski definition) is 4. The Labute approximate surface area is 182 Å². The minimum atomic E-state index is -1.14. The highest BCUT2D eigenvalue weighted by Gasteiger charge is 2.26. The Bertz CT molecular complexity index is 865. The third-order valence-corrected chi connectivity index (χ3v) is 4.63. The van der Waals surface area contributed by atoms with Crippen LogP contribution in [0.15, 0.2) is 54.6 Å². The van der Waals surface area contributed by atoms with Gasteiger partial charge in [0.2, 0.25) is 11.8 Å². The molecule has 166 valence electrons. The van der Waals surface area contributed by atoms with Crippen LogP contribution in [0.25, 0.3) is 0 Å². The molecule has 2 amide bonds. The van der Waals surface area contributed by atoms with Crippen LogP contribution in [0, 0.1) is 5.92 Å². The summed E-state index contributed by atoms with van der Waals surface area (Å²) in [7, 11) is 0. The van der Waals surface area contributed by atoms with Gasteiger partial charge < -0.3 is 20.5 Å². The van der Waals surface area contributed by atoms with Crippen molar-refractivity contribution >= 4 is 17.8 Å². The zero-order valence-electron chi connectivity index (χ0n) is 18.1. The lowest BCUT2D eigenvalue weighted by Gasteiger charge is -2.22. The van der Waals surface area contributed by atoms with Crippen LogP contribution in [-0.4, -0.2) is 35.0 Å². The summed E-state index contributed by atoms with van der Waals surface area (Å²) in [5.41, 5.74) is 1.80. The standard InChI is InChI=1S/C24H30N2O5/c1-16(2)13-21(25-17(3)27)23(28)26-22(24(29)30)14-18-9-11-20(12-10-18)31-15-19-7-5-4-6-8-19/h4-12,16,21-22H,13-15H2,1-3H3,(H,25,27)(H,26,28)(H,29,30)/t21-,22+/m0/s1. The predicted octanol–water partition coefficient (Wildman–Crippen LogP) is 2.93. The number of aliphatic carboxylic acids is 1. The van der Waals surface area contributed by atoms with Gasteiger partial charge in [0.1, 0.15) is 24.4 Å². The van der Waals surface area contributed by atoms with Crippen LogP contribution in [-0.2, 0) is 27.4 Å². The molecule has 3 N–H and O–H groups in total. The first-order chi connectivity index (χ1) is 14.7. The molecule has 7 heteroatoms. The molecule has 0 heterocycles. The molecule has 2 aromatic carbocycles. The van der Waals surface area contributed by atoms with Crippen molar-refractivity contribution in [2.45, 2.75) is 52.3 Å². The monoisotopic (exact) mass is 426 g/mol. The van der Waals surface area contributed by atoms with Crippen molar-refractivity contribution in [3.05, 3.63) is 65.7 Å². The molecule has 0 unspecified atom stereocenters. The van der Waals surface area contributed by atoms with E-state index in [9.17, 15) is 19.5 Å². The van der Waals surface area contributed by atoms with Crippen molar-refractivity contribution in [2.24, 2.45) is 5.92 Å². The largest absolute Gasteiger partial charge is 0.489 e. The first kappa shape index (κ1) is 23.9. The maximum Gasteiger partial charge on any atom is 0.326 e. The van der Waals surface area contributed by atoms with Gasteiger partial charge in [-0.2, -0.15) is 0 Å². The molecule has 0 saturated heterocycles. The zero-order valence-corrected chi connectivity index (χ0v) is 18.1. The highest BCUT2D eigenvalue weighted by molar-refractivity contribution is 5.90. The average molecular weight is 427 g/mol. The molecule has 2 rings (SSSR count). The van der Waals surface area contributed by atoms with E-state index in [0.29, 0.717) is 18.8 Å². The second-order valence-corrected chi connectivity index (χ2v) is 7.90. The molecule has 2 aromatic rings. The molecular formula is C24H30N2O5. The van der Waals surface area contributed by atoms with E-state index in [2.05, 4.69) is 10.6 Å². The number of benzene rings is 2. The summed E-state index contributed by atoms with van der Waals surface area (Å²) in [6.45, 7) is 5.63. The number of carboxylic acids is 1. The van der Waals surface area contributed by atoms with Crippen molar-refractivity contribution < 1.29 is 24.2 Å². The summed E-state index contributed by atoms with van der Waals surface area (Å²) >= 11 is 0. The smallest absolute Gasteiger partial charge is 0.326 e. The molecule has 31 heavy (non-hydrogen) atoms. The van der Waals surface area contributed by atoms with Crippen LogP contribution in [0.3, 0.4) is 0 Å². The fourth-order valence-corrected chi connectivity index (χ4v) is 3.12. The van der Waals surface area contributed by atoms with E-state index in [4.69, 9.17) is 4.74 Å². The Balaban J connectivity index is 1.97. The lowest BCUT2D eigenvalue weighted by atomic mass is 10.0. The van der Waals surface area contributed by atoms with Crippen LogP contribution in [0.4, 0.5) is 0 Å². The van der Waals surface area contributed by atoms with Crippen LogP contribution < -0.4 is 15.4 Å². The van der Waals surface area contributed by atoms with Crippen LogP contribution in [0.1, 0.15) is 38.3 Å². The lowest BCUT2D eigenvalue weighted by molar-refractivity contribution is -0.142. The number of rotatable bonds is 11. The maximum atomic E-state index is 12.6. The molecule has 0 radical (unpaired) electrons. The molecule has 0 fully saturated rings. The highest BCUT2D eigenvalue weighted by Crippen LogP contribution is 2.16. The van der Waals surface area contributed by atoms with E-state index < -0.39 is 24.0 Å². The van der Waals surface area contributed by atoms with Gasteiger partial charge in [0.15, 0.2) is 0 Å². The van der Waals surface area contributed by atoms with Crippen molar-refractivity contribution in [1.82, 2.24) is 10.6 Å². The van der Waals surface area contributed by atoms with Gasteiger partial charge in [0.25, 0.3) is 0 Å². The molecule has 0 aliphatic carbocycles. The Kier molecular flexibility index (Phi) is 9.06. The van der Waals surface area contributed by atoms with Crippen LogP contribution in [0.5, 0.6) is 5.75 Å². The summed E-state index contributed by atoms with van der Waals surface area (Å²) in [5.74, 6) is -1.14. The minimum Gasteiger partial charge on any atom is -0.489 e. The molecule has 7 nitrogen and oxygen atoms in total. The van der Waals surface area contributed by atoms with E-state index >= 15 is 0 Å². The van der Waals surface area contributed by atoms with Crippen LogP contribution in [0.2, 0.25) is 0 Å². The van der Waals surface area contributed by atoms with Gasteiger partial charge >= 0.3 is 5.97 Å². The predicted molar refractivity (Wildman–Crippen MR) is 118 cm³/mol. The second kappa shape index (κ2) is 11.7. The summed E-state index contributed by atoms with van der Waals surface area (Å²) in [5, 5.41) is 14.7. The highest BCUT2D eigenvalue weighted by atomic mass is 16.5. The molecule has 0 aliphatic rings. The van der Waals surface area contributed by atoms with E-state index in [0.717, 1.165) is 11.1 Å². The molecule has 0 spiro atoms. The minimum absolute atomic E-state index is 0.120. The Morgan fingerprint density at radius 2 is 1.55 bits per heavy atom. The first-order valence-corrected chi connectivity index (χ1v) is 10.3. The third-order valence-electron chi connectivity index (χ3n) is 4.63. The summed E-state index contributed by atoms with van der Waals surface area (Å²) in [6, 6.07) is 15.0. The van der Waals surface area contributed by atoms with Crippen molar-refractivity contribution in [1.29, 1.82) is 0 Å². The summed E-state index contributed by atoms with van der Waals surface area (Å²) < 4.78 is 5.74. The second-order valence-electron chi connectivity index (χ2n) is 7.90. The molecule has 0 bridgehead atoms. The van der Waals surface area contributed by atoms with Gasteiger partial charge in [-0.25, -0.2) is 4.79 Å². The van der Waals surface area contributed by atoms with E-state index in [1.54, 1.807) is 24.3 Å². The van der Waals surface area contributed by atoms with Gasteiger partial charge in [-0.05, 0) is 35.6 Å². The molecule has 2 atom stereocenters. The number of carboxylic acid groups (broad SMARTS) is 1. The van der Waals surface area contributed by atoms with E-state index in [1.165, 1.54) is 6.92 Å². The van der Waals surface area contributed by atoms with Gasteiger partial charge in [-0.1, -0.05) is 56.3 Å². The Hall–Kier alpha value is -3.35. The fraction of sp³-hybridized carbons (Fsp3) is 0.375.